The molecule has 28 heavy (non-hydrogen) atoms. The molecule has 2 aromatic carbocycles. The summed E-state index contributed by atoms with van der Waals surface area (Å²) in [4.78, 5) is 21.5. The minimum Gasteiger partial charge on any atom is -0.493 e. The molecule has 0 aliphatic carbocycles. The molecule has 2 aromatic heterocycles. The van der Waals surface area contributed by atoms with Gasteiger partial charge in [-0.15, -0.1) is 11.8 Å². The van der Waals surface area contributed by atoms with Gasteiger partial charge < -0.3 is 14.5 Å². The van der Waals surface area contributed by atoms with Gasteiger partial charge in [-0.25, -0.2) is 4.98 Å². The summed E-state index contributed by atoms with van der Waals surface area (Å²) < 4.78 is 11.9. The number of hydrogen-bond donors (Lipinski definition) is 1. The number of benzene rings is 2. The predicted octanol–water partition coefficient (Wildman–Crippen LogP) is 3.50. The van der Waals surface area contributed by atoms with Crippen LogP contribution in [0.15, 0.2) is 57.5 Å². The summed E-state index contributed by atoms with van der Waals surface area (Å²) in [6, 6.07) is 11.5. The van der Waals surface area contributed by atoms with Crippen LogP contribution in [0.1, 0.15) is 5.56 Å². The van der Waals surface area contributed by atoms with E-state index in [0.29, 0.717) is 22.5 Å². The third kappa shape index (κ3) is 3.11. The van der Waals surface area contributed by atoms with Gasteiger partial charge >= 0.3 is 0 Å². The maximum atomic E-state index is 12.8. The zero-order valence-electron chi connectivity index (χ0n) is 15.6. The van der Waals surface area contributed by atoms with Crippen molar-refractivity contribution in [3.63, 3.8) is 0 Å². The van der Waals surface area contributed by atoms with Crippen molar-refractivity contribution in [1.29, 1.82) is 0 Å². The van der Waals surface area contributed by atoms with Crippen LogP contribution >= 0.6 is 11.8 Å². The Morgan fingerprint density at radius 1 is 1.14 bits per heavy atom. The Morgan fingerprint density at radius 3 is 2.54 bits per heavy atom. The van der Waals surface area contributed by atoms with E-state index < -0.39 is 0 Å². The van der Waals surface area contributed by atoms with Crippen molar-refractivity contribution in [3.05, 3.63) is 58.6 Å². The molecule has 142 valence electrons. The summed E-state index contributed by atoms with van der Waals surface area (Å²) in [5.41, 5.74) is 2.30. The lowest BCUT2D eigenvalue weighted by Crippen LogP contribution is -2.17. The summed E-state index contributed by atoms with van der Waals surface area (Å²) >= 11 is 1.67. The van der Waals surface area contributed by atoms with Gasteiger partial charge in [-0.3, -0.25) is 4.79 Å². The average Bonchev–Trinajstić information content (AvgIpc) is 3.11. The zero-order valence-corrected chi connectivity index (χ0v) is 16.4. The molecule has 8 heteroatoms. The lowest BCUT2D eigenvalue weighted by Gasteiger charge is -2.06. The van der Waals surface area contributed by atoms with E-state index in [1.807, 2.05) is 30.5 Å². The van der Waals surface area contributed by atoms with Gasteiger partial charge in [0.25, 0.3) is 5.56 Å². The minimum absolute atomic E-state index is 0.281. The van der Waals surface area contributed by atoms with E-state index in [9.17, 15) is 4.79 Å². The standard InChI is InChI=1S/C20H18N4O3S/c1-26-16-8-14-15(9-17(16)27-2)23-19-18(14)21-11-24(20(19)25)22-10-12-4-6-13(28-3)7-5-12/h4-11,23H,1-3H3. The second-order valence-corrected chi connectivity index (χ2v) is 6.89. The Bertz CT molecular complexity index is 1240. The average molecular weight is 394 g/mol. The van der Waals surface area contributed by atoms with Crippen molar-refractivity contribution in [2.45, 2.75) is 4.90 Å². The van der Waals surface area contributed by atoms with E-state index >= 15 is 0 Å². The van der Waals surface area contributed by atoms with Crippen LogP contribution in [-0.4, -0.2) is 41.3 Å². The van der Waals surface area contributed by atoms with Crippen LogP contribution in [0.2, 0.25) is 0 Å². The molecule has 0 unspecified atom stereocenters. The van der Waals surface area contributed by atoms with Crippen LogP contribution < -0.4 is 15.0 Å². The molecule has 0 aliphatic rings. The van der Waals surface area contributed by atoms with Crippen LogP contribution in [0.4, 0.5) is 0 Å². The first-order valence-corrected chi connectivity index (χ1v) is 9.70. The highest BCUT2D eigenvalue weighted by Gasteiger charge is 2.14. The van der Waals surface area contributed by atoms with Crippen molar-refractivity contribution < 1.29 is 9.47 Å². The Morgan fingerprint density at radius 2 is 1.86 bits per heavy atom. The smallest absolute Gasteiger partial charge is 0.298 e. The molecule has 4 rings (SSSR count). The highest BCUT2D eigenvalue weighted by atomic mass is 32.2. The van der Waals surface area contributed by atoms with Crippen LogP contribution in [-0.2, 0) is 0 Å². The van der Waals surface area contributed by atoms with Gasteiger partial charge in [0.2, 0.25) is 0 Å². The molecule has 2 heterocycles. The van der Waals surface area contributed by atoms with E-state index in [1.54, 1.807) is 44.3 Å². The number of methoxy groups -OCH3 is 2. The van der Waals surface area contributed by atoms with Gasteiger partial charge in [-0.05, 0) is 30.0 Å². The van der Waals surface area contributed by atoms with Crippen molar-refractivity contribution >= 4 is 39.9 Å². The minimum atomic E-state index is -0.281. The van der Waals surface area contributed by atoms with Gasteiger partial charge in [0.15, 0.2) is 11.5 Å². The van der Waals surface area contributed by atoms with Crippen LogP contribution in [0, 0.1) is 0 Å². The summed E-state index contributed by atoms with van der Waals surface area (Å²) in [7, 11) is 3.14. The number of nitrogens with zero attached hydrogens (tertiary/aromatic N) is 3. The second-order valence-electron chi connectivity index (χ2n) is 6.01. The molecular formula is C20H18N4O3S. The molecule has 0 saturated heterocycles. The molecule has 0 spiro atoms. The van der Waals surface area contributed by atoms with Crippen molar-refractivity contribution in [1.82, 2.24) is 14.6 Å². The number of fused-ring (bicyclic) bond motifs is 3. The molecule has 1 N–H and O–H groups in total. The van der Waals surface area contributed by atoms with Crippen molar-refractivity contribution in [2.75, 3.05) is 20.5 Å². The van der Waals surface area contributed by atoms with Gasteiger partial charge in [-0.1, -0.05) is 12.1 Å². The predicted molar refractivity (Wildman–Crippen MR) is 112 cm³/mol. The molecular weight excluding hydrogens is 376 g/mol. The van der Waals surface area contributed by atoms with Crippen molar-refractivity contribution in [2.24, 2.45) is 5.10 Å². The van der Waals surface area contributed by atoms with E-state index in [1.165, 1.54) is 15.9 Å². The number of ether oxygens (including phenoxy) is 2. The maximum absolute atomic E-state index is 12.8. The maximum Gasteiger partial charge on any atom is 0.298 e. The van der Waals surface area contributed by atoms with Gasteiger partial charge in [0.1, 0.15) is 17.4 Å². The molecule has 7 nitrogen and oxygen atoms in total. The van der Waals surface area contributed by atoms with Gasteiger partial charge in [0.05, 0.1) is 26.0 Å². The molecule has 0 amide bonds. The number of aromatic amines is 1. The summed E-state index contributed by atoms with van der Waals surface area (Å²) in [6.45, 7) is 0. The first-order valence-electron chi connectivity index (χ1n) is 8.48. The fraction of sp³-hybridized carbons (Fsp3) is 0.150. The Kier molecular flexibility index (Phi) is 4.79. The fourth-order valence-electron chi connectivity index (χ4n) is 2.98. The number of nitrogens with one attached hydrogen (secondary N) is 1. The highest BCUT2D eigenvalue weighted by molar-refractivity contribution is 7.98. The van der Waals surface area contributed by atoms with E-state index in [-0.39, 0.29) is 5.56 Å². The van der Waals surface area contributed by atoms with E-state index in [2.05, 4.69) is 15.1 Å². The van der Waals surface area contributed by atoms with Crippen molar-refractivity contribution in [3.8, 4) is 11.5 Å². The summed E-state index contributed by atoms with van der Waals surface area (Å²) in [5.74, 6) is 1.15. The Balaban J connectivity index is 1.78. The third-order valence-electron chi connectivity index (χ3n) is 4.44. The summed E-state index contributed by atoms with van der Waals surface area (Å²) in [6.07, 6.45) is 5.07. The third-order valence-corrected chi connectivity index (χ3v) is 5.18. The SMILES string of the molecule is COc1cc2[nH]c3c(=O)n(N=Cc4ccc(SC)cc4)cnc3c2cc1OC. The molecule has 0 fully saturated rings. The van der Waals surface area contributed by atoms with E-state index in [0.717, 1.165) is 16.5 Å². The number of thioether (sulfide) groups is 1. The first-order chi connectivity index (χ1) is 13.6. The Labute approximate surface area is 165 Å². The molecule has 0 aliphatic heterocycles. The number of aromatic nitrogens is 3. The number of hydrogen-bond acceptors (Lipinski definition) is 6. The largest absolute Gasteiger partial charge is 0.493 e. The van der Waals surface area contributed by atoms with Crippen LogP contribution in [0.3, 0.4) is 0 Å². The van der Waals surface area contributed by atoms with Crippen LogP contribution in [0.5, 0.6) is 11.5 Å². The van der Waals surface area contributed by atoms with Gasteiger partial charge in [0, 0.05) is 16.3 Å². The lowest BCUT2D eigenvalue weighted by atomic mass is 10.2. The molecule has 0 atom stereocenters. The zero-order chi connectivity index (χ0) is 19.7. The number of H-pyrrole nitrogens is 1. The van der Waals surface area contributed by atoms with E-state index in [4.69, 9.17) is 9.47 Å². The number of rotatable bonds is 5. The normalized spacial score (nSPS) is 11.5. The molecule has 0 saturated carbocycles. The van der Waals surface area contributed by atoms with Crippen LogP contribution in [0.25, 0.3) is 21.9 Å². The topological polar surface area (TPSA) is 81.5 Å². The fourth-order valence-corrected chi connectivity index (χ4v) is 3.38. The second kappa shape index (κ2) is 7.40. The summed E-state index contributed by atoms with van der Waals surface area (Å²) in [5, 5.41) is 5.05. The monoisotopic (exact) mass is 394 g/mol. The Hall–Kier alpha value is -3.26. The first kappa shape index (κ1) is 18.1. The lowest BCUT2D eigenvalue weighted by molar-refractivity contribution is 0.356. The molecule has 0 bridgehead atoms. The highest BCUT2D eigenvalue weighted by Crippen LogP contribution is 2.34. The molecule has 0 radical (unpaired) electrons. The quantitative estimate of drug-likeness (QED) is 0.414. The molecule has 4 aromatic rings. The van der Waals surface area contributed by atoms with Gasteiger partial charge in [-0.2, -0.15) is 9.78 Å².